The maximum Gasteiger partial charge on any atom is 0.300 e. The molecule has 0 spiro atoms. The molecule has 7 heteroatoms. The Morgan fingerprint density at radius 2 is 1.77 bits per heavy atom. The third-order valence-corrected chi connectivity index (χ3v) is 6.02. The van der Waals surface area contributed by atoms with Gasteiger partial charge in [0, 0.05) is 17.3 Å². The number of carbonyl (C=O) groups excluding carboxylic acids is 2. The number of aryl methyl sites for hydroxylation is 1. The van der Waals surface area contributed by atoms with Gasteiger partial charge < -0.3 is 19.3 Å². The van der Waals surface area contributed by atoms with Crippen molar-refractivity contribution in [2.75, 3.05) is 24.7 Å². The van der Waals surface area contributed by atoms with Crippen LogP contribution in [0.15, 0.2) is 72.3 Å². The first-order valence-electron chi connectivity index (χ1n) is 11.5. The van der Waals surface area contributed by atoms with Gasteiger partial charge in [-0.2, -0.15) is 0 Å². The molecule has 0 radical (unpaired) electrons. The molecule has 0 bridgehead atoms. The molecule has 5 rings (SSSR count). The van der Waals surface area contributed by atoms with Crippen molar-refractivity contribution in [1.29, 1.82) is 0 Å². The lowest BCUT2D eigenvalue weighted by Crippen LogP contribution is -2.29. The summed E-state index contributed by atoms with van der Waals surface area (Å²) in [6.45, 7) is 5.11. The molecular formula is C28H25NO6. The van der Waals surface area contributed by atoms with Gasteiger partial charge in [0.1, 0.15) is 24.7 Å². The van der Waals surface area contributed by atoms with Crippen LogP contribution in [0.1, 0.15) is 29.7 Å². The van der Waals surface area contributed by atoms with Gasteiger partial charge in [-0.1, -0.05) is 35.9 Å². The van der Waals surface area contributed by atoms with Crippen molar-refractivity contribution < 1.29 is 28.9 Å². The summed E-state index contributed by atoms with van der Waals surface area (Å²) < 4.78 is 16.8. The summed E-state index contributed by atoms with van der Waals surface area (Å²) in [4.78, 5) is 28.2. The number of anilines is 1. The lowest BCUT2D eigenvalue weighted by atomic mass is 9.94. The van der Waals surface area contributed by atoms with Crippen LogP contribution in [0.4, 0.5) is 5.69 Å². The molecular weight excluding hydrogens is 446 g/mol. The van der Waals surface area contributed by atoms with Gasteiger partial charge >= 0.3 is 0 Å². The summed E-state index contributed by atoms with van der Waals surface area (Å²) in [7, 11) is 0. The van der Waals surface area contributed by atoms with E-state index in [4.69, 9.17) is 14.2 Å². The van der Waals surface area contributed by atoms with Gasteiger partial charge in [-0.05, 0) is 49.7 Å². The molecule has 7 nitrogen and oxygen atoms in total. The van der Waals surface area contributed by atoms with Crippen LogP contribution in [-0.2, 0) is 9.59 Å². The second-order valence-corrected chi connectivity index (χ2v) is 8.37. The van der Waals surface area contributed by atoms with Crippen LogP contribution < -0.4 is 19.1 Å². The Labute approximate surface area is 203 Å². The first kappa shape index (κ1) is 22.5. The quantitative estimate of drug-likeness (QED) is 0.327. The lowest BCUT2D eigenvalue weighted by molar-refractivity contribution is -0.132. The molecule has 1 saturated heterocycles. The highest BCUT2D eigenvalue weighted by Crippen LogP contribution is 2.44. The maximum absolute atomic E-state index is 13.4. The number of carbonyl (C=O) groups is 2. The Morgan fingerprint density at radius 1 is 1.00 bits per heavy atom. The number of hydrogen-bond acceptors (Lipinski definition) is 6. The number of ketones is 1. The number of benzene rings is 3. The molecule has 35 heavy (non-hydrogen) atoms. The highest BCUT2D eigenvalue weighted by molar-refractivity contribution is 6.51. The van der Waals surface area contributed by atoms with Crippen molar-refractivity contribution in [1.82, 2.24) is 0 Å². The number of rotatable bonds is 5. The number of nitrogens with zero attached hydrogens (tertiary/aromatic N) is 1. The van der Waals surface area contributed by atoms with E-state index in [0.29, 0.717) is 53.9 Å². The van der Waals surface area contributed by atoms with Crippen LogP contribution in [0.25, 0.3) is 5.76 Å². The molecule has 1 unspecified atom stereocenters. The van der Waals surface area contributed by atoms with Crippen molar-refractivity contribution in [3.63, 3.8) is 0 Å². The monoisotopic (exact) mass is 471 g/mol. The van der Waals surface area contributed by atoms with E-state index >= 15 is 0 Å². The first-order chi connectivity index (χ1) is 17.0. The summed E-state index contributed by atoms with van der Waals surface area (Å²) in [5.41, 5.74) is 2.57. The number of ether oxygens (including phenoxy) is 3. The van der Waals surface area contributed by atoms with Gasteiger partial charge in [-0.15, -0.1) is 0 Å². The van der Waals surface area contributed by atoms with E-state index in [0.717, 1.165) is 5.56 Å². The average molecular weight is 472 g/mol. The second kappa shape index (κ2) is 9.18. The average Bonchev–Trinajstić information content (AvgIpc) is 3.14. The molecule has 1 N–H and O–H groups in total. The normalized spacial score (nSPS) is 18.6. The zero-order valence-electron chi connectivity index (χ0n) is 19.5. The Kier molecular flexibility index (Phi) is 5.91. The Hall–Kier alpha value is -4.26. The molecule has 0 aliphatic carbocycles. The number of aliphatic hydroxyl groups is 1. The topological polar surface area (TPSA) is 85.3 Å². The molecule has 1 fully saturated rings. The summed E-state index contributed by atoms with van der Waals surface area (Å²) in [6.07, 6.45) is 0. The van der Waals surface area contributed by atoms with Crippen molar-refractivity contribution in [2.45, 2.75) is 19.9 Å². The second-order valence-electron chi connectivity index (χ2n) is 8.37. The Bertz CT molecular complexity index is 1340. The summed E-state index contributed by atoms with van der Waals surface area (Å²) in [5.74, 6) is -0.116. The van der Waals surface area contributed by atoms with Crippen LogP contribution in [0, 0.1) is 6.92 Å². The van der Waals surface area contributed by atoms with Crippen LogP contribution in [0.5, 0.6) is 17.2 Å². The standard InChI is InChI=1S/C28H25NO6/c1-3-33-21-9-5-8-20(16-21)29-25(18-7-4-6-17(2)14-18)24(27(31)28(29)32)26(30)19-10-11-22-23(15-19)35-13-12-34-22/h4-11,14-16,25,30H,3,12-13H2,1-2H3/b26-24-. The Morgan fingerprint density at radius 3 is 2.54 bits per heavy atom. The third-order valence-electron chi connectivity index (χ3n) is 6.02. The van der Waals surface area contributed by atoms with Crippen LogP contribution in [0.2, 0.25) is 0 Å². The van der Waals surface area contributed by atoms with Gasteiger partial charge in [0.25, 0.3) is 11.7 Å². The number of aliphatic hydroxyl groups excluding tert-OH is 1. The zero-order chi connectivity index (χ0) is 24.5. The van der Waals surface area contributed by atoms with Crippen molar-refractivity contribution in [3.05, 3.63) is 89.0 Å². The van der Waals surface area contributed by atoms with E-state index in [1.165, 1.54) is 4.90 Å². The van der Waals surface area contributed by atoms with Crippen molar-refractivity contribution in [2.24, 2.45) is 0 Å². The summed E-state index contributed by atoms with van der Waals surface area (Å²) >= 11 is 0. The fourth-order valence-electron chi connectivity index (χ4n) is 4.49. The first-order valence-corrected chi connectivity index (χ1v) is 11.5. The predicted molar refractivity (Wildman–Crippen MR) is 131 cm³/mol. The molecule has 3 aromatic carbocycles. The van der Waals surface area contributed by atoms with E-state index in [9.17, 15) is 14.7 Å². The molecule has 0 saturated carbocycles. The molecule has 1 atom stereocenters. The molecule has 0 aromatic heterocycles. The highest BCUT2D eigenvalue weighted by atomic mass is 16.6. The predicted octanol–water partition coefficient (Wildman–Crippen LogP) is 4.79. The summed E-state index contributed by atoms with van der Waals surface area (Å²) in [6, 6.07) is 18.7. The van der Waals surface area contributed by atoms with E-state index in [1.54, 1.807) is 42.5 Å². The van der Waals surface area contributed by atoms with E-state index < -0.39 is 17.7 Å². The molecule has 2 aliphatic heterocycles. The van der Waals surface area contributed by atoms with Gasteiger partial charge in [0.15, 0.2) is 11.5 Å². The van der Waals surface area contributed by atoms with Crippen LogP contribution in [-0.4, -0.2) is 36.6 Å². The van der Waals surface area contributed by atoms with Gasteiger partial charge in [-0.3, -0.25) is 14.5 Å². The lowest BCUT2D eigenvalue weighted by Gasteiger charge is -2.26. The SMILES string of the molecule is CCOc1cccc(N2C(=O)C(=O)/C(=C(\O)c3ccc4c(c3)OCCO4)C2c2cccc(C)c2)c1. The van der Waals surface area contributed by atoms with Gasteiger partial charge in [-0.25, -0.2) is 0 Å². The van der Waals surface area contributed by atoms with E-state index in [-0.39, 0.29) is 11.3 Å². The van der Waals surface area contributed by atoms with Crippen LogP contribution >= 0.6 is 0 Å². The summed E-state index contributed by atoms with van der Waals surface area (Å²) in [5, 5.41) is 11.4. The van der Waals surface area contributed by atoms with E-state index in [1.807, 2.05) is 38.1 Å². The van der Waals surface area contributed by atoms with Gasteiger partial charge in [0.05, 0.1) is 18.2 Å². The molecule has 2 heterocycles. The minimum absolute atomic E-state index is 0.0130. The molecule has 1 amide bonds. The minimum atomic E-state index is -0.819. The maximum atomic E-state index is 13.4. The minimum Gasteiger partial charge on any atom is -0.507 e. The fraction of sp³-hybridized carbons (Fsp3) is 0.214. The van der Waals surface area contributed by atoms with E-state index in [2.05, 4.69) is 0 Å². The number of Topliss-reactive ketones (excluding diaryl/α,β-unsaturated/α-hetero) is 1. The van der Waals surface area contributed by atoms with Crippen LogP contribution in [0.3, 0.4) is 0 Å². The largest absolute Gasteiger partial charge is 0.507 e. The smallest absolute Gasteiger partial charge is 0.300 e. The fourth-order valence-corrected chi connectivity index (χ4v) is 4.49. The zero-order valence-corrected chi connectivity index (χ0v) is 19.5. The van der Waals surface area contributed by atoms with Crippen molar-refractivity contribution >= 4 is 23.1 Å². The third kappa shape index (κ3) is 4.10. The highest BCUT2D eigenvalue weighted by Gasteiger charge is 2.47. The molecule has 3 aromatic rings. The number of hydrogen-bond donors (Lipinski definition) is 1. The molecule has 178 valence electrons. The van der Waals surface area contributed by atoms with Crippen molar-refractivity contribution in [3.8, 4) is 17.2 Å². The number of amides is 1. The molecule has 2 aliphatic rings. The Balaban J connectivity index is 1.68. The number of fused-ring (bicyclic) bond motifs is 1. The van der Waals surface area contributed by atoms with Gasteiger partial charge in [0.2, 0.25) is 0 Å².